The number of carbonyl (C=O) groups is 1. The number of nitrogens with zero attached hydrogens (tertiary/aromatic N) is 6. The van der Waals surface area contributed by atoms with Gasteiger partial charge in [0, 0.05) is 54.7 Å². The Morgan fingerprint density at radius 2 is 1.92 bits per heavy atom. The van der Waals surface area contributed by atoms with Crippen LogP contribution in [-0.4, -0.2) is 87.2 Å². The smallest absolute Gasteiger partial charge is 0.417 e. The van der Waals surface area contributed by atoms with E-state index >= 15 is 4.39 Å². The van der Waals surface area contributed by atoms with Crippen LogP contribution in [0.1, 0.15) is 38.7 Å². The largest absolute Gasteiger partial charge is 0.461 e. The average Bonchev–Trinajstić information content (AvgIpc) is 3.72. The van der Waals surface area contributed by atoms with Gasteiger partial charge < -0.3 is 20.3 Å². The number of amides is 1. The fraction of sp³-hybridized carbons (Fsp3) is 0.455. The Kier molecular flexibility index (Phi) is 8.16. The number of fused-ring (bicyclic) bond motifs is 3. The van der Waals surface area contributed by atoms with Crippen molar-refractivity contribution in [3.63, 3.8) is 0 Å². The lowest BCUT2D eigenvalue weighted by Crippen LogP contribution is -2.58. The Bertz CT molecular complexity index is 1990. The molecule has 2 aromatic heterocycles. The number of ether oxygens (including phenoxy) is 1. The molecule has 2 aromatic carbocycles. The molecule has 3 saturated heterocycles. The SMILES string of the molecule is C=CC(=O)N1C[C@H](C)N(c2nc(OC[C@@]34CCCN3C[C@H](F)C4)nc3c(F)c(-c4ccc(F)c5sc(N)nc45)c(C(F)(F)F)cc23)C[C@H]1C. The van der Waals surface area contributed by atoms with Gasteiger partial charge in [0.15, 0.2) is 10.9 Å². The van der Waals surface area contributed by atoms with Crippen molar-refractivity contribution in [2.75, 3.05) is 43.4 Å². The number of thiazole rings is 1. The van der Waals surface area contributed by atoms with Gasteiger partial charge in [-0.25, -0.2) is 18.2 Å². The van der Waals surface area contributed by atoms with Gasteiger partial charge in [-0.05, 0) is 57.5 Å². The van der Waals surface area contributed by atoms with Crippen LogP contribution in [0.5, 0.6) is 6.01 Å². The van der Waals surface area contributed by atoms with Crippen molar-refractivity contribution in [2.24, 2.45) is 0 Å². The van der Waals surface area contributed by atoms with Crippen molar-refractivity contribution in [1.82, 2.24) is 24.8 Å². The molecule has 0 radical (unpaired) electrons. The number of nitrogen functional groups attached to an aromatic ring is 1. The summed E-state index contributed by atoms with van der Waals surface area (Å²) in [4.78, 5) is 30.8. The number of benzene rings is 2. The Labute approximate surface area is 281 Å². The molecule has 0 aliphatic carbocycles. The molecule has 4 atom stereocenters. The number of hydrogen-bond donors (Lipinski definition) is 1. The van der Waals surface area contributed by atoms with Crippen LogP contribution in [0, 0.1) is 11.6 Å². The quantitative estimate of drug-likeness (QED) is 0.183. The maximum Gasteiger partial charge on any atom is 0.417 e. The van der Waals surface area contributed by atoms with E-state index in [4.69, 9.17) is 10.5 Å². The second kappa shape index (κ2) is 12.0. The summed E-state index contributed by atoms with van der Waals surface area (Å²) in [6, 6.07) is 1.61. The van der Waals surface area contributed by atoms with Gasteiger partial charge in [0.05, 0.1) is 21.3 Å². The number of rotatable bonds is 6. The number of piperazine rings is 1. The summed E-state index contributed by atoms with van der Waals surface area (Å²) in [6.07, 6.45) is -3.16. The molecule has 260 valence electrons. The molecule has 7 rings (SSSR count). The Morgan fingerprint density at radius 3 is 2.65 bits per heavy atom. The van der Waals surface area contributed by atoms with E-state index in [-0.39, 0.29) is 76.7 Å². The number of anilines is 2. The Hall–Kier alpha value is -4.18. The van der Waals surface area contributed by atoms with Crippen LogP contribution in [0.2, 0.25) is 0 Å². The van der Waals surface area contributed by atoms with Crippen molar-refractivity contribution in [3.8, 4) is 17.1 Å². The monoisotopic (exact) mass is 705 g/mol. The summed E-state index contributed by atoms with van der Waals surface area (Å²) >= 11 is 0.735. The Balaban J connectivity index is 1.43. The number of hydrogen-bond acceptors (Lipinski definition) is 9. The molecule has 0 bridgehead atoms. The normalized spacial score (nSPS) is 24.6. The van der Waals surface area contributed by atoms with Gasteiger partial charge in [-0.2, -0.15) is 23.1 Å². The van der Waals surface area contributed by atoms with Crippen LogP contribution in [0.3, 0.4) is 0 Å². The maximum atomic E-state index is 17.0. The van der Waals surface area contributed by atoms with Crippen LogP contribution >= 0.6 is 11.3 Å². The molecular formula is C33H33F6N7O2S. The van der Waals surface area contributed by atoms with Crippen molar-refractivity contribution < 1.29 is 35.9 Å². The molecule has 49 heavy (non-hydrogen) atoms. The topological polar surface area (TPSA) is 101 Å². The van der Waals surface area contributed by atoms with E-state index in [9.17, 15) is 26.7 Å². The second-order valence-corrected chi connectivity index (χ2v) is 14.1. The van der Waals surface area contributed by atoms with Crippen molar-refractivity contribution in [1.29, 1.82) is 0 Å². The van der Waals surface area contributed by atoms with E-state index in [2.05, 4.69) is 21.5 Å². The lowest BCUT2D eigenvalue weighted by molar-refractivity contribution is -0.137. The molecule has 3 aliphatic heterocycles. The Morgan fingerprint density at radius 1 is 1.14 bits per heavy atom. The molecule has 0 saturated carbocycles. The van der Waals surface area contributed by atoms with Crippen LogP contribution in [0.15, 0.2) is 30.9 Å². The fourth-order valence-corrected chi connectivity index (χ4v) is 8.41. The summed E-state index contributed by atoms with van der Waals surface area (Å²) in [6.45, 7) is 8.41. The molecular weight excluding hydrogens is 672 g/mol. The molecule has 3 aliphatic rings. The zero-order valence-corrected chi connectivity index (χ0v) is 27.5. The lowest BCUT2D eigenvalue weighted by atomic mass is 9.94. The number of alkyl halides is 4. The summed E-state index contributed by atoms with van der Waals surface area (Å²) in [5.74, 6) is -2.41. The van der Waals surface area contributed by atoms with Gasteiger partial charge in [0.25, 0.3) is 0 Å². The predicted molar refractivity (Wildman–Crippen MR) is 174 cm³/mol. The molecule has 0 unspecified atom stereocenters. The molecule has 9 nitrogen and oxygen atoms in total. The van der Waals surface area contributed by atoms with E-state index in [1.807, 2.05) is 4.90 Å². The average molecular weight is 706 g/mol. The van der Waals surface area contributed by atoms with Crippen molar-refractivity contribution in [2.45, 2.75) is 63.1 Å². The minimum Gasteiger partial charge on any atom is -0.461 e. The fourth-order valence-electron chi connectivity index (χ4n) is 7.65. The zero-order valence-electron chi connectivity index (χ0n) is 26.7. The first-order valence-corrected chi connectivity index (χ1v) is 16.7. The molecule has 1 amide bonds. The lowest BCUT2D eigenvalue weighted by Gasteiger charge is -2.44. The van der Waals surface area contributed by atoms with E-state index in [1.54, 1.807) is 23.6 Å². The van der Waals surface area contributed by atoms with Crippen LogP contribution in [-0.2, 0) is 11.0 Å². The first kappa shape index (κ1) is 33.3. The summed E-state index contributed by atoms with van der Waals surface area (Å²) in [5.41, 5.74) is 2.00. The third-order valence-electron chi connectivity index (χ3n) is 9.92. The first-order chi connectivity index (χ1) is 23.2. The highest BCUT2D eigenvalue weighted by molar-refractivity contribution is 7.22. The molecule has 16 heteroatoms. The van der Waals surface area contributed by atoms with E-state index in [0.29, 0.717) is 13.0 Å². The summed E-state index contributed by atoms with van der Waals surface area (Å²) in [5, 5.41) is -0.332. The first-order valence-electron chi connectivity index (χ1n) is 15.9. The third-order valence-corrected chi connectivity index (χ3v) is 10.8. The molecule has 5 heterocycles. The minimum absolute atomic E-state index is 0.00225. The number of halogens is 6. The summed E-state index contributed by atoms with van der Waals surface area (Å²) in [7, 11) is 0. The van der Waals surface area contributed by atoms with Gasteiger partial charge in [0.1, 0.15) is 29.9 Å². The number of aromatic nitrogens is 3. The predicted octanol–water partition coefficient (Wildman–Crippen LogP) is 6.35. The maximum absolute atomic E-state index is 17.0. The molecule has 2 N–H and O–H groups in total. The minimum atomic E-state index is -5.07. The second-order valence-electron chi connectivity index (χ2n) is 13.1. The van der Waals surface area contributed by atoms with Gasteiger partial charge in [-0.15, -0.1) is 0 Å². The van der Waals surface area contributed by atoms with Gasteiger partial charge >= 0.3 is 12.2 Å². The molecule has 4 aromatic rings. The van der Waals surface area contributed by atoms with E-state index < -0.39 is 58.2 Å². The van der Waals surface area contributed by atoms with Crippen LogP contribution < -0.4 is 15.4 Å². The number of carbonyl (C=O) groups excluding carboxylic acids is 1. The van der Waals surface area contributed by atoms with Crippen molar-refractivity contribution >= 4 is 49.3 Å². The van der Waals surface area contributed by atoms with E-state index in [1.165, 1.54) is 6.08 Å². The van der Waals surface area contributed by atoms with Gasteiger partial charge in [-0.1, -0.05) is 17.9 Å². The third kappa shape index (κ3) is 5.62. The standard InChI is InChI=1S/C33H33F6N7O2S/c1-4-23(47)45-12-17(3)46(13-16(45)2)29-20-10-21(33(37,38)39)24(19-6-7-22(35)28-27(19)41-30(40)49-28)25(36)26(20)42-31(43-29)48-15-32-8-5-9-44(32)14-18(34)11-32/h4,6-7,10,16-18H,1,5,8-9,11-15H2,2-3H3,(H2,40,41)/t16-,17+,18-,32+/m1/s1. The van der Waals surface area contributed by atoms with Crippen LogP contribution in [0.4, 0.5) is 37.3 Å². The molecule has 3 fully saturated rings. The summed E-state index contributed by atoms with van der Waals surface area (Å²) < 4.78 is 96.8. The number of nitrogens with two attached hydrogens (primary N) is 1. The molecule has 0 spiro atoms. The van der Waals surface area contributed by atoms with Crippen molar-refractivity contribution in [3.05, 3.63) is 48.1 Å². The highest BCUT2D eigenvalue weighted by Gasteiger charge is 2.49. The van der Waals surface area contributed by atoms with Gasteiger partial charge in [-0.3, -0.25) is 9.69 Å². The van der Waals surface area contributed by atoms with E-state index in [0.717, 1.165) is 36.0 Å². The van der Waals surface area contributed by atoms with Gasteiger partial charge in [0.2, 0.25) is 5.91 Å². The zero-order chi connectivity index (χ0) is 35.0. The highest BCUT2D eigenvalue weighted by Crippen LogP contribution is 2.47. The van der Waals surface area contributed by atoms with Crippen LogP contribution in [0.25, 0.3) is 32.2 Å². The highest BCUT2D eigenvalue weighted by atomic mass is 32.1.